The fourth-order valence-corrected chi connectivity index (χ4v) is 4.50. The maximum absolute atomic E-state index is 12.7. The van der Waals surface area contributed by atoms with E-state index in [1.807, 2.05) is 23.0 Å². The molecule has 1 saturated heterocycles. The average Bonchev–Trinajstić information content (AvgIpc) is 3.06. The third-order valence-electron chi connectivity index (χ3n) is 6.65. The van der Waals surface area contributed by atoms with E-state index in [0.29, 0.717) is 5.92 Å². The van der Waals surface area contributed by atoms with Gasteiger partial charge in [0.25, 0.3) is 0 Å². The Morgan fingerprint density at radius 1 is 1.24 bits per heavy atom. The first kappa shape index (κ1) is 20.1. The van der Waals surface area contributed by atoms with E-state index in [2.05, 4.69) is 46.4 Å². The van der Waals surface area contributed by atoms with Gasteiger partial charge in [-0.3, -0.25) is 19.4 Å². The molecule has 1 atom stereocenters. The lowest BCUT2D eigenvalue weighted by atomic mass is 9.83. The van der Waals surface area contributed by atoms with E-state index in [-0.39, 0.29) is 17.9 Å². The smallest absolute Gasteiger partial charge is 0.223 e. The summed E-state index contributed by atoms with van der Waals surface area (Å²) in [6, 6.07) is 6.04. The summed E-state index contributed by atoms with van der Waals surface area (Å²) in [5, 5.41) is 7.93. The standard InChI is InChI=1S/C23H33N5O/c1-3-28-16-20(17(2)26-28)15-27-13-10-18(11-14-27)22(21-9-4-5-12-24-21)25-23(29)19-7-6-8-19/h4-5,9,12,16,18-19,22H,3,6-8,10-11,13-15H2,1-2H3,(H,25,29)/t22-/m1/s1. The normalized spacial score (nSPS) is 19.7. The summed E-state index contributed by atoms with van der Waals surface area (Å²) in [7, 11) is 0. The fraction of sp³-hybridized carbons (Fsp3) is 0.609. The van der Waals surface area contributed by atoms with Crippen molar-refractivity contribution >= 4 is 5.91 Å². The van der Waals surface area contributed by atoms with Crippen molar-refractivity contribution in [2.75, 3.05) is 13.1 Å². The summed E-state index contributed by atoms with van der Waals surface area (Å²) in [4.78, 5) is 19.8. The summed E-state index contributed by atoms with van der Waals surface area (Å²) < 4.78 is 2.02. The number of carbonyl (C=O) groups is 1. The van der Waals surface area contributed by atoms with Gasteiger partial charge in [0.15, 0.2) is 0 Å². The van der Waals surface area contributed by atoms with Gasteiger partial charge in [-0.25, -0.2) is 0 Å². The minimum absolute atomic E-state index is 0.0241. The van der Waals surface area contributed by atoms with Crippen molar-refractivity contribution in [3.63, 3.8) is 0 Å². The lowest BCUT2D eigenvalue weighted by Crippen LogP contribution is -2.43. The zero-order valence-electron chi connectivity index (χ0n) is 17.7. The van der Waals surface area contributed by atoms with Gasteiger partial charge < -0.3 is 5.32 Å². The van der Waals surface area contributed by atoms with Gasteiger partial charge in [-0.1, -0.05) is 12.5 Å². The highest BCUT2D eigenvalue weighted by atomic mass is 16.2. The molecule has 0 spiro atoms. The lowest BCUT2D eigenvalue weighted by Gasteiger charge is -2.37. The molecule has 1 amide bonds. The minimum atomic E-state index is 0.0241. The highest BCUT2D eigenvalue weighted by Gasteiger charge is 2.33. The van der Waals surface area contributed by atoms with E-state index >= 15 is 0 Å². The Kier molecular flexibility index (Phi) is 6.28. The second-order valence-corrected chi connectivity index (χ2v) is 8.58. The number of aromatic nitrogens is 3. The Hall–Kier alpha value is -2.21. The summed E-state index contributed by atoms with van der Waals surface area (Å²) in [5.74, 6) is 0.862. The number of nitrogens with one attached hydrogen (secondary N) is 1. The second-order valence-electron chi connectivity index (χ2n) is 8.58. The van der Waals surface area contributed by atoms with Crippen molar-refractivity contribution in [2.24, 2.45) is 11.8 Å². The lowest BCUT2D eigenvalue weighted by molar-refractivity contribution is -0.128. The molecule has 2 aliphatic rings. The molecular weight excluding hydrogens is 362 g/mol. The van der Waals surface area contributed by atoms with Crippen LogP contribution in [0.15, 0.2) is 30.6 Å². The van der Waals surface area contributed by atoms with Crippen molar-refractivity contribution in [3.05, 3.63) is 47.5 Å². The van der Waals surface area contributed by atoms with Crippen molar-refractivity contribution in [2.45, 2.75) is 65.1 Å². The van der Waals surface area contributed by atoms with Crippen molar-refractivity contribution in [1.82, 2.24) is 25.0 Å². The molecule has 1 aliphatic heterocycles. The molecule has 0 radical (unpaired) electrons. The number of amides is 1. The van der Waals surface area contributed by atoms with Crippen LogP contribution >= 0.6 is 0 Å². The molecule has 2 aromatic heterocycles. The van der Waals surface area contributed by atoms with E-state index in [1.54, 1.807) is 0 Å². The SMILES string of the molecule is CCn1cc(CN2CCC([C@@H](NC(=O)C3CCC3)c3ccccn3)CC2)c(C)n1. The number of likely N-dealkylation sites (tertiary alicyclic amines) is 1. The molecule has 6 nitrogen and oxygen atoms in total. The van der Waals surface area contributed by atoms with Crippen molar-refractivity contribution < 1.29 is 4.79 Å². The van der Waals surface area contributed by atoms with E-state index in [0.717, 1.165) is 63.3 Å². The highest BCUT2D eigenvalue weighted by Crippen LogP contribution is 2.33. The second kappa shape index (κ2) is 9.08. The number of pyridine rings is 1. The van der Waals surface area contributed by atoms with Crippen molar-refractivity contribution in [3.8, 4) is 0 Å². The molecule has 0 bridgehead atoms. The molecular formula is C23H33N5O. The Bertz CT molecular complexity index is 806. The molecule has 0 aromatic carbocycles. The first-order chi connectivity index (χ1) is 14.1. The van der Waals surface area contributed by atoms with E-state index in [1.165, 1.54) is 12.0 Å². The molecule has 0 unspecified atom stereocenters. The Morgan fingerprint density at radius 2 is 2.03 bits per heavy atom. The molecule has 4 rings (SSSR count). The van der Waals surface area contributed by atoms with Crippen LogP contribution in [0.3, 0.4) is 0 Å². The number of hydrogen-bond donors (Lipinski definition) is 1. The number of rotatable bonds is 7. The number of nitrogens with zero attached hydrogens (tertiary/aromatic N) is 4. The van der Waals surface area contributed by atoms with Crippen molar-refractivity contribution in [1.29, 1.82) is 0 Å². The molecule has 156 valence electrons. The molecule has 1 N–H and O–H groups in total. The van der Waals surface area contributed by atoms with Crippen LogP contribution in [0.25, 0.3) is 0 Å². The van der Waals surface area contributed by atoms with Gasteiger partial charge in [0, 0.05) is 37.0 Å². The van der Waals surface area contributed by atoms with Gasteiger partial charge >= 0.3 is 0 Å². The Balaban J connectivity index is 1.39. The van der Waals surface area contributed by atoms with Crippen LogP contribution in [-0.4, -0.2) is 38.7 Å². The third-order valence-corrected chi connectivity index (χ3v) is 6.65. The minimum Gasteiger partial charge on any atom is -0.347 e. The third kappa shape index (κ3) is 4.69. The molecule has 2 aromatic rings. The van der Waals surface area contributed by atoms with Crippen LogP contribution in [0.1, 0.15) is 62.0 Å². The summed E-state index contributed by atoms with van der Waals surface area (Å²) in [5.41, 5.74) is 3.46. The van der Waals surface area contributed by atoms with Crippen LogP contribution in [-0.2, 0) is 17.9 Å². The van der Waals surface area contributed by atoms with Gasteiger partial charge in [-0.15, -0.1) is 0 Å². The number of piperidine rings is 1. The van der Waals surface area contributed by atoms with E-state index < -0.39 is 0 Å². The van der Waals surface area contributed by atoms with E-state index in [4.69, 9.17) is 0 Å². The Labute approximate surface area is 173 Å². The Morgan fingerprint density at radius 3 is 2.62 bits per heavy atom. The molecule has 29 heavy (non-hydrogen) atoms. The highest BCUT2D eigenvalue weighted by molar-refractivity contribution is 5.79. The average molecular weight is 396 g/mol. The van der Waals surface area contributed by atoms with Gasteiger partial charge in [-0.2, -0.15) is 5.10 Å². The molecule has 1 saturated carbocycles. The van der Waals surface area contributed by atoms with Crippen LogP contribution in [0.2, 0.25) is 0 Å². The monoisotopic (exact) mass is 395 g/mol. The van der Waals surface area contributed by atoms with Crippen LogP contribution in [0, 0.1) is 18.8 Å². The maximum Gasteiger partial charge on any atom is 0.223 e. The zero-order chi connectivity index (χ0) is 20.2. The van der Waals surface area contributed by atoms with Gasteiger partial charge in [0.1, 0.15) is 0 Å². The topological polar surface area (TPSA) is 63.0 Å². The largest absolute Gasteiger partial charge is 0.347 e. The first-order valence-corrected chi connectivity index (χ1v) is 11.1. The van der Waals surface area contributed by atoms with Gasteiger partial charge in [0.2, 0.25) is 5.91 Å². The zero-order valence-corrected chi connectivity index (χ0v) is 17.7. The quantitative estimate of drug-likeness (QED) is 0.780. The summed E-state index contributed by atoms with van der Waals surface area (Å²) in [6.45, 7) is 8.18. The molecule has 6 heteroatoms. The molecule has 3 heterocycles. The van der Waals surface area contributed by atoms with Crippen LogP contribution in [0.5, 0.6) is 0 Å². The number of aryl methyl sites for hydroxylation is 2. The predicted molar refractivity (Wildman–Crippen MR) is 113 cm³/mol. The predicted octanol–water partition coefficient (Wildman–Crippen LogP) is 3.48. The van der Waals surface area contributed by atoms with Gasteiger partial charge in [-0.05, 0) is 70.7 Å². The molecule has 2 fully saturated rings. The summed E-state index contributed by atoms with van der Waals surface area (Å²) >= 11 is 0. The number of hydrogen-bond acceptors (Lipinski definition) is 4. The maximum atomic E-state index is 12.7. The van der Waals surface area contributed by atoms with Gasteiger partial charge in [0.05, 0.1) is 17.4 Å². The van der Waals surface area contributed by atoms with Crippen LogP contribution in [0.4, 0.5) is 0 Å². The summed E-state index contributed by atoms with van der Waals surface area (Å²) in [6.07, 6.45) is 9.41. The van der Waals surface area contributed by atoms with E-state index in [9.17, 15) is 4.79 Å². The fourth-order valence-electron chi connectivity index (χ4n) is 4.50. The first-order valence-electron chi connectivity index (χ1n) is 11.1. The van der Waals surface area contributed by atoms with Crippen LogP contribution < -0.4 is 5.32 Å². The molecule has 1 aliphatic carbocycles. The number of carbonyl (C=O) groups excluding carboxylic acids is 1.